The van der Waals surface area contributed by atoms with Gasteiger partial charge in [-0.15, -0.1) is 0 Å². The highest BCUT2D eigenvalue weighted by atomic mass is 16.5. The second-order valence-electron chi connectivity index (χ2n) is 5.98. The van der Waals surface area contributed by atoms with Crippen LogP contribution in [0.2, 0.25) is 0 Å². The molecule has 1 aliphatic heterocycles. The van der Waals surface area contributed by atoms with Gasteiger partial charge in [0, 0.05) is 18.6 Å². The number of aliphatic hydroxyl groups is 1. The predicted octanol–water partition coefficient (Wildman–Crippen LogP) is 2.05. The van der Waals surface area contributed by atoms with Gasteiger partial charge in [0.1, 0.15) is 0 Å². The van der Waals surface area contributed by atoms with Crippen molar-refractivity contribution in [3.8, 4) is 0 Å². The van der Waals surface area contributed by atoms with Gasteiger partial charge in [-0.05, 0) is 26.3 Å². The van der Waals surface area contributed by atoms with E-state index in [1.165, 1.54) is 0 Å². The van der Waals surface area contributed by atoms with Gasteiger partial charge in [-0.1, -0.05) is 30.3 Å². The van der Waals surface area contributed by atoms with Crippen molar-refractivity contribution >= 4 is 0 Å². The first kappa shape index (κ1) is 13.5. The summed E-state index contributed by atoms with van der Waals surface area (Å²) in [5.74, 6) is 0. The van der Waals surface area contributed by atoms with Gasteiger partial charge in [-0.25, -0.2) is 0 Å². The topological polar surface area (TPSA) is 32.7 Å². The lowest BCUT2D eigenvalue weighted by Gasteiger charge is -2.31. The van der Waals surface area contributed by atoms with Crippen molar-refractivity contribution in [1.82, 2.24) is 4.90 Å². The van der Waals surface area contributed by atoms with Crippen LogP contribution in [0, 0.1) is 0 Å². The van der Waals surface area contributed by atoms with Crippen molar-refractivity contribution in [2.24, 2.45) is 0 Å². The third-order valence-corrected chi connectivity index (χ3v) is 3.49. The number of hydrogen-bond acceptors (Lipinski definition) is 3. The molecule has 0 saturated carbocycles. The van der Waals surface area contributed by atoms with Gasteiger partial charge in [0.05, 0.1) is 18.8 Å². The molecule has 1 fully saturated rings. The third kappa shape index (κ3) is 3.31. The average molecular weight is 249 g/mol. The minimum absolute atomic E-state index is 0.0792. The lowest BCUT2D eigenvalue weighted by Crippen LogP contribution is -2.40. The summed E-state index contributed by atoms with van der Waals surface area (Å²) in [4.78, 5) is 2.27. The molecule has 1 saturated heterocycles. The molecule has 3 nitrogen and oxygen atoms in total. The molecule has 1 aliphatic rings. The van der Waals surface area contributed by atoms with Crippen molar-refractivity contribution in [2.45, 2.75) is 45.1 Å². The van der Waals surface area contributed by atoms with E-state index in [2.05, 4.69) is 25.7 Å². The Kier molecular flexibility index (Phi) is 4.05. The van der Waals surface area contributed by atoms with Crippen molar-refractivity contribution in [1.29, 1.82) is 0 Å². The zero-order chi connectivity index (χ0) is 13.2. The van der Waals surface area contributed by atoms with Crippen LogP contribution < -0.4 is 0 Å². The Morgan fingerprint density at radius 2 is 1.89 bits per heavy atom. The van der Waals surface area contributed by atoms with Crippen molar-refractivity contribution < 1.29 is 9.84 Å². The van der Waals surface area contributed by atoms with Crippen LogP contribution in [-0.4, -0.2) is 40.8 Å². The first-order valence-corrected chi connectivity index (χ1v) is 6.55. The van der Waals surface area contributed by atoms with Gasteiger partial charge in [0.15, 0.2) is 0 Å². The summed E-state index contributed by atoms with van der Waals surface area (Å²) in [6, 6.07) is 10.1. The largest absolute Gasteiger partial charge is 0.389 e. The van der Waals surface area contributed by atoms with E-state index >= 15 is 0 Å². The standard InChI is InChI=1S/C15H23NO2/c1-15(2,3)16-9-13(17)14(10-16)18-11-12-7-5-4-6-8-12/h4-8,13-14,17H,9-11H2,1-3H3. The highest BCUT2D eigenvalue weighted by molar-refractivity contribution is 5.13. The van der Waals surface area contributed by atoms with Crippen LogP contribution in [0.1, 0.15) is 26.3 Å². The lowest BCUT2D eigenvalue weighted by molar-refractivity contribution is -0.0181. The average Bonchev–Trinajstić information content (AvgIpc) is 2.69. The number of β-amino-alcohol motifs (C(OH)–C–C–N with tert-alkyl or cyclic N) is 1. The normalized spacial score (nSPS) is 25.6. The fourth-order valence-corrected chi connectivity index (χ4v) is 2.25. The summed E-state index contributed by atoms with van der Waals surface area (Å²) in [6.07, 6.45) is -0.461. The zero-order valence-corrected chi connectivity index (χ0v) is 11.5. The minimum atomic E-state index is -0.382. The van der Waals surface area contributed by atoms with E-state index in [1.54, 1.807) is 0 Å². The molecule has 2 unspecified atom stereocenters. The molecule has 0 aliphatic carbocycles. The number of likely N-dealkylation sites (tertiary alicyclic amines) is 1. The van der Waals surface area contributed by atoms with Gasteiger partial charge in [0.2, 0.25) is 0 Å². The Labute approximate surface area is 109 Å². The second-order valence-corrected chi connectivity index (χ2v) is 5.98. The van der Waals surface area contributed by atoms with Crippen molar-refractivity contribution in [3.05, 3.63) is 35.9 Å². The highest BCUT2D eigenvalue weighted by Gasteiger charge is 2.37. The number of benzene rings is 1. The van der Waals surface area contributed by atoms with Crippen LogP contribution in [0.15, 0.2) is 30.3 Å². The van der Waals surface area contributed by atoms with E-state index in [0.29, 0.717) is 13.2 Å². The molecular formula is C15H23NO2. The number of hydrogen-bond donors (Lipinski definition) is 1. The summed E-state index contributed by atoms with van der Waals surface area (Å²) in [7, 11) is 0. The fraction of sp³-hybridized carbons (Fsp3) is 0.600. The van der Waals surface area contributed by atoms with Gasteiger partial charge in [-0.3, -0.25) is 4.90 Å². The molecule has 1 aromatic rings. The maximum absolute atomic E-state index is 10.0. The van der Waals surface area contributed by atoms with Crippen molar-refractivity contribution in [2.75, 3.05) is 13.1 Å². The summed E-state index contributed by atoms with van der Waals surface area (Å²) < 4.78 is 5.84. The SMILES string of the molecule is CC(C)(C)N1CC(O)C(OCc2ccccc2)C1. The van der Waals surface area contributed by atoms with Gasteiger partial charge in [-0.2, -0.15) is 0 Å². The zero-order valence-electron chi connectivity index (χ0n) is 11.5. The molecule has 0 aromatic heterocycles. The summed E-state index contributed by atoms with van der Waals surface area (Å²) in [5, 5.41) is 10.0. The summed E-state index contributed by atoms with van der Waals surface area (Å²) >= 11 is 0. The lowest BCUT2D eigenvalue weighted by atomic mass is 10.1. The van der Waals surface area contributed by atoms with Crippen LogP contribution in [-0.2, 0) is 11.3 Å². The second kappa shape index (κ2) is 5.39. The van der Waals surface area contributed by atoms with Gasteiger partial charge >= 0.3 is 0 Å². The molecule has 1 aromatic carbocycles. The first-order chi connectivity index (χ1) is 8.47. The van der Waals surface area contributed by atoms with E-state index in [9.17, 15) is 5.11 Å². The Morgan fingerprint density at radius 1 is 1.22 bits per heavy atom. The van der Waals surface area contributed by atoms with E-state index in [1.807, 2.05) is 30.3 Å². The van der Waals surface area contributed by atoms with Gasteiger partial charge < -0.3 is 9.84 Å². The molecule has 3 heteroatoms. The Bertz CT molecular complexity index is 372. The summed E-state index contributed by atoms with van der Waals surface area (Å²) in [5.41, 5.74) is 1.24. The molecular weight excluding hydrogens is 226 g/mol. The smallest absolute Gasteiger partial charge is 0.0977 e. The predicted molar refractivity (Wildman–Crippen MR) is 72.4 cm³/mol. The quantitative estimate of drug-likeness (QED) is 0.890. The fourth-order valence-electron chi connectivity index (χ4n) is 2.25. The maximum Gasteiger partial charge on any atom is 0.0977 e. The highest BCUT2D eigenvalue weighted by Crippen LogP contribution is 2.23. The molecule has 2 rings (SSSR count). The number of ether oxygens (including phenoxy) is 1. The molecule has 100 valence electrons. The number of nitrogens with zero attached hydrogens (tertiary/aromatic N) is 1. The van der Waals surface area contributed by atoms with Crippen molar-refractivity contribution in [3.63, 3.8) is 0 Å². The molecule has 0 bridgehead atoms. The van der Waals surface area contributed by atoms with Crippen LogP contribution >= 0.6 is 0 Å². The van der Waals surface area contributed by atoms with Crippen LogP contribution in [0.25, 0.3) is 0 Å². The first-order valence-electron chi connectivity index (χ1n) is 6.55. The van der Waals surface area contributed by atoms with E-state index in [4.69, 9.17) is 4.74 Å². The minimum Gasteiger partial charge on any atom is -0.389 e. The van der Waals surface area contributed by atoms with Crippen LogP contribution in [0.4, 0.5) is 0 Å². The molecule has 0 spiro atoms. The van der Waals surface area contributed by atoms with Gasteiger partial charge in [0.25, 0.3) is 0 Å². The maximum atomic E-state index is 10.0. The van der Waals surface area contributed by atoms with E-state index in [0.717, 1.165) is 12.1 Å². The molecule has 0 amide bonds. The monoisotopic (exact) mass is 249 g/mol. The molecule has 1 heterocycles. The number of rotatable bonds is 3. The van der Waals surface area contributed by atoms with Crippen LogP contribution in [0.5, 0.6) is 0 Å². The molecule has 1 N–H and O–H groups in total. The van der Waals surface area contributed by atoms with E-state index in [-0.39, 0.29) is 17.7 Å². The molecule has 18 heavy (non-hydrogen) atoms. The van der Waals surface area contributed by atoms with Crippen LogP contribution in [0.3, 0.4) is 0 Å². The Balaban J connectivity index is 1.87. The number of aliphatic hydroxyl groups excluding tert-OH is 1. The molecule has 2 atom stereocenters. The van der Waals surface area contributed by atoms with E-state index < -0.39 is 0 Å². The molecule has 0 radical (unpaired) electrons. The Hall–Kier alpha value is -0.900. The third-order valence-electron chi connectivity index (χ3n) is 3.49. The Morgan fingerprint density at radius 3 is 2.44 bits per heavy atom. The summed E-state index contributed by atoms with van der Waals surface area (Å²) in [6.45, 7) is 8.57.